The van der Waals surface area contributed by atoms with Gasteiger partial charge in [0.1, 0.15) is 11.5 Å². The Kier molecular flexibility index (Phi) is 4.71. The SMILES string of the molecule is CN(Cc1cccc(-c2ccco2)c1)Cc1cccc(-c2ccco2)c1. The molecule has 0 N–H and O–H groups in total. The van der Waals surface area contributed by atoms with Crippen molar-refractivity contribution in [1.82, 2.24) is 4.90 Å². The average molecular weight is 343 g/mol. The van der Waals surface area contributed by atoms with Crippen LogP contribution < -0.4 is 0 Å². The quantitative estimate of drug-likeness (QED) is 0.440. The van der Waals surface area contributed by atoms with Crippen LogP contribution >= 0.6 is 0 Å². The van der Waals surface area contributed by atoms with Crippen molar-refractivity contribution in [2.75, 3.05) is 7.05 Å². The van der Waals surface area contributed by atoms with Crippen LogP contribution in [0.5, 0.6) is 0 Å². The summed E-state index contributed by atoms with van der Waals surface area (Å²) in [5, 5.41) is 0. The highest BCUT2D eigenvalue weighted by Crippen LogP contribution is 2.23. The summed E-state index contributed by atoms with van der Waals surface area (Å²) in [5.74, 6) is 1.81. The fraction of sp³-hybridized carbons (Fsp3) is 0.130. The summed E-state index contributed by atoms with van der Waals surface area (Å²) in [6, 6.07) is 24.8. The number of hydrogen-bond acceptors (Lipinski definition) is 3. The van der Waals surface area contributed by atoms with Crippen molar-refractivity contribution in [2.45, 2.75) is 13.1 Å². The maximum atomic E-state index is 5.50. The molecular weight excluding hydrogens is 322 g/mol. The molecule has 0 saturated carbocycles. The lowest BCUT2D eigenvalue weighted by molar-refractivity contribution is 0.319. The largest absolute Gasteiger partial charge is 0.464 e. The molecule has 4 rings (SSSR count). The Morgan fingerprint density at radius 2 is 1.15 bits per heavy atom. The number of benzene rings is 2. The molecule has 2 aromatic carbocycles. The molecule has 0 amide bonds. The van der Waals surface area contributed by atoms with Gasteiger partial charge in [-0.05, 0) is 54.6 Å². The molecule has 0 unspecified atom stereocenters. The third-order valence-corrected chi connectivity index (χ3v) is 4.37. The predicted octanol–water partition coefficient (Wildman–Crippen LogP) is 5.84. The van der Waals surface area contributed by atoms with Crippen molar-refractivity contribution in [3.8, 4) is 22.6 Å². The van der Waals surface area contributed by atoms with Crippen molar-refractivity contribution in [3.63, 3.8) is 0 Å². The van der Waals surface area contributed by atoms with Gasteiger partial charge in [-0.2, -0.15) is 0 Å². The van der Waals surface area contributed by atoms with Crippen molar-refractivity contribution in [1.29, 1.82) is 0 Å². The molecule has 0 fully saturated rings. The molecule has 0 aliphatic carbocycles. The average Bonchev–Trinajstić information content (AvgIpc) is 3.36. The lowest BCUT2D eigenvalue weighted by Gasteiger charge is -2.17. The van der Waals surface area contributed by atoms with E-state index in [0.717, 1.165) is 35.7 Å². The molecule has 3 heteroatoms. The van der Waals surface area contributed by atoms with E-state index in [4.69, 9.17) is 8.83 Å². The zero-order chi connectivity index (χ0) is 17.8. The first-order valence-electron chi connectivity index (χ1n) is 8.72. The second-order valence-corrected chi connectivity index (χ2v) is 6.53. The second-order valence-electron chi connectivity index (χ2n) is 6.53. The molecule has 0 spiro atoms. The first-order chi connectivity index (χ1) is 12.8. The van der Waals surface area contributed by atoms with Gasteiger partial charge in [0, 0.05) is 24.2 Å². The van der Waals surface area contributed by atoms with Crippen molar-refractivity contribution < 1.29 is 8.83 Å². The van der Waals surface area contributed by atoms with E-state index in [9.17, 15) is 0 Å². The van der Waals surface area contributed by atoms with Gasteiger partial charge >= 0.3 is 0 Å². The first kappa shape index (κ1) is 16.4. The second kappa shape index (κ2) is 7.46. The van der Waals surface area contributed by atoms with Gasteiger partial charge in [0.15, 0.2) is 0 Å². The fourth-order valence-corrected chi connectivity index (χ4v) is 3.21. The summed E-state index contributed by atoms with van der Waals surface area (Å²) in [6.07, 6.45) is 3.42. The highest BCUT2D eigenvalue weighted by molar-refractivity contribution is 5.59. The molecule has 130 valence electrons. The van der Waals surface area contributed by atoms with Gasteiger partial charge < -0.3 is 8.83 Å². The van der Waals surface area contributed by atoms with Crippen LogP contribution in [0.2, 0.25) is 0 Å². The smallest absolute Gasteiger partial charge is 0.133 e. The van der Waals surface area contributed by atoms with Crippen LogP contribution in [0.1, 0.15) is 11.1 Å². The van der Waals surface area contributed by atoms with E-state index in [1.54, 1.807) is 12.5 Å². The maximum absolute atomic E-state index is 5.50. The number of rotatable bonds is 6. The van der Waals surface area contributed by atoms with E-state index in [1.165, 1.54) is 11.1 Å². The minimum atomic E-state index is 0.875. The van der Waals surface area contributed by atoms with Gasteiger partial charge in [-0.1, -0.05) is 36.4 Å². The number of hydrogen-bond donors (Lipinski definition) is 0. The van der Waals surface area contributed by atoms with Crippen LogP contribution in [0.4, 0.5) is 0 Å². The lowest BCUT2D eigenvalue weighted by Crippen LogP contribution is -2.17. The van der Waals surface area contributed by atoms with E-state index in [0.29, 0.717) is 0 Å². The fourth-order valence-electron chi connectivity index (χ4n) is 3.21. The van der Waals surface area contributed by atoms with E-state index >= 15 is 0 Å². The summed E-state index contributed by atoms with van der Waals surface area (Å²) in [7, 11) is 2.14. The zero-order valence-electron chi connectivity index (χ0n) is 14.8. The summed E-state index contributed by atoms with van der Waals surface area (Å²) in [6.45, 7) is 1.75. The molecule has 0 radical (unpaired) electrons. The van der Waals surface area contributed by atoms with E-state index in [-0.39, 0.29) is 0 Å². The van der Waals surface area contributed by atoms with Crippen molar-refractivity contribution >= 4 is 0 Å². The molecule has 0 bridgehead atoms. The molecule has 0 aliphatic heterocycles. The van der Waals surface area contributed by atoms with Crippen LogP contribution in [-0.4, -0.2) is 11.9 Å². The Morgan fingerprint density at radius 1 is 0.654 bits per heavy atom. The number of nitrogens with zero attached hydrogens (tertiary/aromatic N) is 1. The van der Waals surface area contributed by atoms with Crippen LogP contribution in [0.15, 0.2) is 94.2 Å². The van der Waals surface area contributed by atoms with E-state index in [1.807, 2.05) is 24.3 Å². The van der Waals surface area contributed by atoms with Gasteiger partial charge in [-0.25, -0.2) is 0 Å². The molecule has 0 saturated heterocycles. The maximum Gasteiger partial charge on any atom is 0.133 e. The third kappa shape index (κ3) is 3.79. The minimum absolute atomic E-state index is 0.875. The molecule has 0 atom stereocenters. The Balaban J connectivity index is 1.45. The summed E-state index contributed by atoms with van der Waals surface area (Å²) < 4.78 is 11.0. The van der Waals surface area contributed by atoms with Gasteiger partial charge in [-0.3, -0.25) is 4.90 Å². The first-order valence-corrected chi connectivity index (χ1v) is 8.72. The Morgan fingerprint density at radius 3 is 1.58 bits per heavy atom. The minimum Gasteiger partial charge on any atom is -0.464 e. The van der Waals surface area contributed by atoms with Crippen molar-refractivity contribution in [3.05, 3.63) is 96.4 Å². The van der Waals surface area contributed by atoms with Gasteiger partial charge in [0.05, 0.1) is 12.5 Å². The molecule has 26 heavy (non-hydrogen) atoms. The zero-order valence-corrected chi connectivity index (χ0v) is 14.8. The summed E-state index contributed by atoms with van der Waals surface area (Å²) >= 11 is 0. The van der Waals surface area contributed by atoms with Gasteiger partial charge in [-0.15, -0.1) is 0 Å². The molecular formula is C23H21NO2. The van der Waals surface area contributed by atoms with Crippen LogP contribution in [0.3, 0.4) is 0 Å². The Labute approximate surface area is 153 Å². The molecule has 3 nitrogen and oxygen atoms in total. The van der Waals surface area contributed by atoms with Crippen LogP contribution in [0, 0.1) is 0 Å². The van der Waals surface area contributed by atoms with Gasteiger partial charge in [0.25, 0.3) is 0 Å². The topological polar surface area (TPSA) is 29.5 Å². The van der Waals surface area contributed by atoms with Crippen LogP contribution in [-0.2, 0) is 13.1 Å². The molecule has 0 aliphatic rings. The predicted molar refractivity (Wildman–Crippen MR) is 103 cm³/mol. The lowest BCUT2D eigenvalue weighted by atomic mass is 10.1. The third-order valence-electron chi connectivity index (χ3n) is 4.37. The number of furan rings is 2. The molecule has 2 aromatic heterocycles. The normalized spacial score (nSPS) is 11.2. The monoisotopic (exact) mass is 343 g/mol. The molecule has 4 aromatic rings. The van der Waals surface area contributed by atoms with Crippen LogP contribution in [0.25, 0.3) is 22.6 Å². The Bertz CT molecular complexity index is 876. The highest BCUT2D eigenvalue weighted by atomic mass is 16.3. The van der Waals surface area contributed by atoms with Gasteiger partial charge in [0.2, 0.25) is 0 Å². The molecule has 2 heterocycles. The van der Waals surface area contributed by atoms with E-state index < -0.39 is 0 Å². The standard InChI is InChI=1S/C23H21NO2/c1-24(16-18-6-2-8-20(14-18)22-10-4-12-25-22)17-19-7-3-9-21(15-19)23-11-5-13-26-23/h2-15H,16-17H2,1H3. The van der Waals surface area contributed by atoms with Crippen molar-refractivity contribution in [2.24, 2.45) is 0 Å². The Hall–Kier alpha value is -3.04. The summed E-state index contributed by atoms with van der Waals surface area (Å²) in [4.78, 5) is 2.31. The summed E-state index contributed by atoms with van der Waals surface area (Å²) in [5.41, 5.74) is 4.76. The highest BCUT2D eigenvalue weighted by Gasteiger charge is 2.07. The van der Waals surface area contributed by atoms with E-state index in [2.05, 4.69) is 60.5 Å².